The molecule has 3 heterocycles. The minimum Gasteiger partial charge on any atom is -0.361 e. The Bertz CT molecular complexity index is 1650. The molecule has 36 heavy (non-hydrogen) atoms. The maximum Gasteiger partial charge on any atom is 0.253 e. The Morgan fingerprint density at radius 1 is 1.14 bits per heavy atom. The first-order valence-electron chi connectivity index (χ1n) is 12.0. The molecule has 0 bridgehead atoms. The van der Waals surface area contributed by atoms with Crippen LogP contribution in [0.25, 0.3) is 27.9 Å². The molecule has 9 heteroatoms. The van der Waals surface area contributed by atoms with E-state index in [2.05, 4.69) is 46.1 Å². The largest absolute Gasteiger partial charge is 0.361 e. The van der Waals surface area contributed by atoms with E-state index in [0.717, 1.165) is 40.8 Å². The summed E-state index contributed by atoms with van der Waals surface area (Å²) in [5.74, 6) is 0.545. The molecule has 6 rings (SSSR count). The third kappa shape index (κ3) is 4.07. The van der Waals surface area contributed by atoms with E-state index in [1.807, 2.05) is 37.6 Å². The average molecular weight is 500 g/mol. The molecule has 182 valence electrons. The molecule has 8 nitrogen and oxygen atoms in total. The molecule has 0 atom stereocenters. The molecule has 5 aromatic rings. The molecule has 1 saturated carbocycles. The lowest BCUT2D eigenvalue weighted by Gasteiger charge is -2.13. The van der Waals surface area contributed by atoms with Gasteiger partial charge in [0.2, 0.25) is 0 Å². The molecule has 2 N–H and O–H groups in total. The van der Waals surface area contributed by atoms with Gasteiger partial charge in [0.25, 0.3) is 5.91 Å². The van der Waals surface area contributed by atoms with Gasteiger partial charge < -0.3 is 10.6 Å². The lowest BCUT2D eigenvalue weighted by Crippen LogP contribution is -2.25. The number of nitrogens with zero attached hydrogens (tertiary/aromatic N) is 5. The van der Waals surface area contributed by atoms with Gasteiger partial charge in [-0.3, -0.25) is 13.9 Å². The highest BCUT2D eigenvalue weighted by Gasteiger charge is 2.25. The fraction of sp³-hybridized carbons (Fsp3) is 0.259. The van der Waals surface area contributed by atoms with Crippen molar-refractivity contribution in [3.63, 3.8) is 0 Å². The maximum atomic E-state index is 12.6. The summed E-state index contributed by atoms with van der Waals surface area (Å²) in [5, 5.41) is 11.3. The first kappa shape index (κ1) is 22.5. The molecule has 1 aliphatic carbocycles. The number of hydrogen-bond donors (Lipinski definition) is 2. The van der Waals surface area contributed by atoms with Gasteiger partial charge in [-0.05, 0) is 68.1 Å². The van der Waals surface area contributed by atoms with Crippen LogP contribution in [0.2, 0.25) is 5.02 Å². The van der Waals surface area contributed by atoms with Crippen molar-refractivity contribution in [1.29, 1.82) is 0 Å². The second-order valence-electron chi connectivity index (χ2n) is 9.46. The van der Waals surface area contributed by atoms with Crippen LogP contribution in [-0.4, -0.2) is 36.1 Å². The highest BCUT2D eigenvalue weighted by molar-refractivity contribution is 6.34. The van der Waals surface area contributed by atoms with Crippen LogP contribution in [0, 0.1) is 13.8 Å². The quantitative estimate of drug-likeness (QED) is 0.341. The van der Waals surface area contributed by atoms with Gasteiger partial charge in [0, 0.05) is 24.8 Å². The lowest BCUT2D eigenvalue weighted by atomic mass is 10.1. The molecule has 0 aliphatic heterocycles. The lowest BCUT2D eigenvalue weighted by molar-refractivity contribution is 0.0951. The summed E-state index contributed by atoms with van der Waals surface area (Å²) in [6.07, 6.45) is 5.80. The molecule has 1 aliphatic rings. The third-order valence-corrected chi connectivity index (χ3v) is 6.98. The molecule has 2 aromatic carbocycles. The van der Waals surface area contributed by atoms with Gasteiger partial charge in [-0.25, -0.2) is 9.97 Å². The van der Waals surface area contributed by atoms with Gasteiger partial charge in [-0.2, -0.15) is 5.10 Å². The number of aryl methyl sites for hydroxylation is 3. The minimum atomic E-state index is -0.131. The number of fused-ring (bicyclic) bond motifs is 3. The smallest absolute Gasteiger partial charge is 0.253 e. The van der Waals surface area contributed by atoms with Crippen LogP contribution in [-0.2, 0) is 13.6 Å². The summed E-state index contributed by atoms with van der Waals surface area (Å²) in [7, 11) is 1.90. The van der Waals surface area contributed by atoms with Crippen LogP contribution in [0.15, 0.2) is 48.8 Å². The van der Waals surface area contributed by atoms with Crippen LogP contribution in [0.4, 0.5) is 5.82 Å². The minimum absolute atomic E-state index is 0.131. The summed E-state index contributed by atoms with van der Waals surface area (Å²) in [4.78, 5) is 22.2. The predicted octanol–water partition coefficient (Wildman–Crippen LogP) is 5.06. The van der Waals surface area contributed by atoms with Crippen molar-refractivity contribution in [2.75, 3.05) is 5.32 Å². The highest BCUT2D eigenvalue weighted by atomic mass is 35.5. The van der Waals surface area contributed by atoms with Crippen molar-refractivity contribution in [2.24, 2.45) is 7.05 Å². The number of amides is 1. The number of halogens is 1. The number of carbonyl (C=O) groups excluding carboxylic acids is 1. The number of carbonyl (C=O) groups is 1. The van der Waals surface area contributed by atoms with Crippen LogP contribution < -0.4 is 10.6 Å². The van der Waals surface area contributed by atoms with E-state index in [9.17, 15) is 4.79 Å². The number of aromatic nitrogens is 5. The number of anilines is 1. The molecule has 0 saturated heterocycles. The van der Waals surface area contributed by atoms with Crippen molar-refractivity contribution in [2.45, 2.75) is 39.3 Å². The fourth-order valence-electron chi connectivity index (χ4n) is 4.39. The van der Waals surface area contributed by atoms with E-state index in [1.54, 1.807) is 10.7 Å². The van der Waals surface area contributed by atoms with Crippen LogP contribution in [0.3, 0.4) is 0 Å². The van der Waals surface area contributed by atoms with E-state index < -0.39 is 0 Å². The Hall–Kier alpha value is -3.91. The molecule has 3 aromatic heterocycles. The summed E-state index contributed by atoms with van der Waals surface area (Å²) in [5.41, 5.74) is 8.01. The molecule has 1 amide bonds. The SMILES string of the molecule is Cc1cc2nc(NCc3ccn(C)n3)c3ncc(-c4ccc(C(=O)NC5CC5)c(Cl)c4)n3c2cc1C. The van der Waals surface area contributed by atoms with Gasteiger partial charge in [0.05, 0.1) is 45.7 Å². The van der Waals surface area contributed by atoms with Crippen LogP contribution in [0.1, 0.15) is 40.0 Å². The second kappa shape index (κ2) is 8.64. The topological polar surface area (TPSA) is 89.1 Å². The molecular weight excluding hydrogens is 474 g/mol. The van der Waals surface area contributed by atoms with E-state index in [4.69, 9.17) is 21.6 Å². The van der Waals surface area contributed by atoms with Crippen LogP contribution >= 0.6 is 11.6 Å². The maximum absolute atomic E-state index is 12.6. The van der Waals surface area contributed by atoms with E-state index in [0.29, 0.717) is 28.6 Å². The molecule has 1 fully saturated rings. The Labute approximate surface area is 213 Å². The van der Waals surface area contributed by atoms with Crippen molar-refractivity contribution in [1.82, 2.24) is 29.5 Å². The zero-order chi connectivity index (χ0) is 25.0. The van der Waals surface area contributed by atoms with Crippen molar-refractivity contribution in [3.8, 4) is 11.3 Å². The standard InChI is InChI=1S/C27H26ClN7O/c1-15-10-22-23(11-16(15)2)35-24(17-4-7-20(21(28)12-17)27(36)31-18-5-6-18)14-30-26(35)25(32-22)29-13-19-8-9-34(3)33-19/h4,7-12,14,18H,5-6,13H2,1-3H3,(H,29,32)(H,31,36). The highest BCUT2D eigenvalue weighted by Crippen LogP contribution is 2.32. The second-order valence-corrected chi connectivity index (χ2v) is 9.87. The van der Waals surface area contributed by atoms with Gasteiger partial charge in [-0.15, -0.1) is 0 Å². The van der Waals surface area contributed by atoms with Gasteiger partial charge in [0.15, 0.2) is 11.5 Å². The van der Waals surface area contributed by atoms with Crippen molar-refractivity contribution < 1.29 is 4.79 Å². The average Bonchev–Trinajstić information content (AvgIpc) is 3.38. The Kier molecular flexibility index (Phi) is 5.41. The summed E-state index contributed by atoms with van der Waals surface area (Å²) < 4.78 is 3.88. The molecule has 0 radical (unpaired) electrons. The van der Waals surface area contributed by atoms with Crippen LogP contribution in [0.5, 0.6) is 0 Å². The Balaban J connectivity index is 1.46. The van der Waals surface area contributed by atoms with E-state index >= 15 is 0 Å². The summed E-state index contributed by atoms with van der Waals surface area (Å²) in [6, 6.07) is 12.0. The van der Waals surface area contributed by atoms with Gasteiger partial charge >= 0.3 is 0 Å². The summed E-state index contributed by atoms with van der Waals surface area (Å²) in [6.45, 7) is 4.70. The van der Waals surface area contributed by atoms with Crippen molar-refractivity contribution >= 4 is 40.0 Å². The van der Waals surface area contributed by atoms with Gasteiger partial charge in [0.1, 0.15) is 0 Å². The monoisotopic (exact) mass is 499 g/mol. The number of hydrogen-bond acceptors (Lipinski definition) is 5. The normalized spacial score (nSPS) is 13.4. The summed E-state index contributed by atoms with van der Waals surface area (Å²) >= 11 is 6.59. The number of benzene rings is 2. The first-order valence-corrected chi connectivity index (χ1v) is 12.4. The fourth-order valence-corrected chi connectivity index (χ4v) is 4.66. The number of rotatable bonds is 6. The predicted molar refractivity (Wildman–Crippen MR) is 141 cm³/mol. The van der Waals surface area contributed by atoms with E-state index in [1.165, 1.54) is 11.1 Å². The van der Waals surface area contributed by atoms with Crippen molar-refractivity contribution in [3.05, 3.63) is 76.2 Å². The van der Waals surface area contributed by atoms with E-state index in [-0.39, 0.29) is 11.9 Å². The Morgan fingerprint density at radius 2 is 1.94 bits per heavy atom. The molecular formula is C27H26ClN7O. The zero-order valence-electron chi connectivity index (χ0n) is 20.3. The molecule has 0 unspecified atom stereocenters. The van der Waals surface area contributed by atoms with Gasteiger partial charge in [-0.1, -0.05) is 17.7 Å². The third-order valence-electron chi connectivity index (χ3n) is 6.67. The number of imidazole rings is 1. The first-order chi connectivity index (χ1) is 17.4. The Morgan fingerprint density at radius 3 is 2.67 bits per heavy atom. The zero-order valence-corrected chi connectivity index (χ0v) is 21.1. The number of nitrogens with one attached hydrogen (secondary N) is 2. The molecule has 0 spiro atoms.